The van der Waals surface area contributed by atoms with E-state index in [-0.39, 0.29) is 10.0 Å². The van der Waals surface area contributed by atoms with Crippen LogP contribution >= 0.6 is 23.4 Å². The van der Waals surface area contributed by atoms with Crippen molar-refractivity contribution in [2.24, 2.45) is 0 Å². The lowest BCUT2D eigenvalue weighted by Gasteiger charge is -2.14. The zero-order valence-corrected chi connectivity index (χ0v) is 14.2. The SMILES string of the molecule is Cc1cc(SC#N)cc(C)c1NS(=O)(=O)c1ccc(Cl)nc1. The molecule has 0 saturated heterocycles. The summed E-state index contributed by atoms with van der Waals surface area (Å²) in [6.07, 6.45) is 1.20. The van der Waals surface area contributed by atoms with Crippen molar-refractivity contribution in [3.05, 3.63) is 46.7 Å². The fraction of sp³-hybridized carbons (Fsp3) is 0.143. The van der Waals surface area contributed by atoms with E-state index in [0.29, 0.717) is 5.69 Å². The molecule has 8 heteroatoms. The average Bonchev–Trinajstić information content (AvgIpc) is 2.44. The smallest absolute Gasteiger partial charge is 0.263 e. The van der Waals surface area contributed by atoms with Crippen molar-refractivity contribution in [2.45, 2.75) is 23.6 Å². The lowest BCUT2D eigenvalue weighted by atomic mass is 10.1. The molecule has 22 heavy (non-hydrogen) atoms. The predicted molar refractivity (Wildman–Crippen MR) is 87.4 cm³/mol. The summed E-state index contributed by atoms with van der Waals surface area (Å²) in [5.41, 5.74) is 1.98. The minimum Gasteiger partial charge on any atom is -0.279 e. The van der Waals surface area contributed by atoms with E-state index in [4.69, 9.17) is 16.9 Å². The Labute approximate surface area is 138 Å². The van der Waals surface area contributed by atoms with Crippen molar-refractivity contribution in [3.8, 4) is 5.40 Å². The lowest BCUT2D eigenvalue weighted by Crippen LogP contribution is -2.15. The van der Waals surface area contributed by atoms with Crippen LogP contribution in [-0.4, -0.2) is 13.4 Å². The molecule has 0 fully saturated rings. The summed E-state index contributed by atoms with van der Waals surface area (Å²) in [6, 6.07) is 6.34. The zero-order valence-electron chi connectivity index (χ0n) is 11.8. The van der Waals surface area contributed by atoms with Gasteiger partial charge in [0.25, 0.3) is 10.0 Å². The standard InChI is InChI=1S/C14H12ClN3O2S2/c1-9-5-11(21-8-16)6-10(2)14(9)18-22(19,20)12-3-4-13(15)17-7-12/h3-7,18H,1-2H3. The molecule has 0 unspecified atom stereocenters. The Balaban J connectivity index is 2.38. The quantitative estimate of drug-likeness (QED) is 0.514. The molecule has 0 amide bonds. The minimum atomic E-state index is -3.74. The van der Waals surface area contributed by atoms with Gasteiger partial charge in [0.05, 0.1) is 5.69 Å². The molecule has 1 aromatic carbocycles. The Morgan fingerprint density at radius 1 is 1.27 bits per heavy atom. The van der Waals surface area contributed by atoms with Gasteiger partial charge in [-0.3, -0.25) is 4.72 Å². The maximum atomic E-state index is 12.4. The number of aryl methyl sites for hydroxylation is 2. The molecular weight excluding hydrogens is 342 g/mol. The van der Waals surface area contributed by atoms with Crippen molar-refractivity contribution in [1.82, 2.24) is 4.98 Å². The van der Waals surface area contributed by atoms with Crippen LogP contribution in [0.2, 0.25) is 5.15 Å². The summed E-state index contributed by atoms with van der Waals surface area (Å²) >= 11 is 6.70. The van der Waals surface area contributed by atoms with E-state index < -0.39 is 10.0 Å². The normalized spacial score (nSPS) is 11.0. The second-order valence-corrected chi connectivity index (χ2v) is 7.48. The first-order valence-corrected chi connectivity index (χ1v) is 8.83. The molecule has 1 aromatic heterocycles. The van der Waals surface area contributed by atoms with Crippen LogP contribution in [-0.2, 0) is 10.0 Å². The van der Waals surface area contributed by atoms with E-state index in [1.165, 1.54) is 18.3 Å². The van der Waals surface area contributed by atoms with Crippen LogP contribution in [0.1, 0.15) is 11.1 Å². The van der Waals surface area contributed by atoms with E-state index in [2.05, 4.69) is 9.71 Å². The average molecular weight is 354 g/mol. The highest BCUT2D eigenvalue weighted by Crippen LogP contribution is 2.29. The topological polar surface area (TPSA) is 82.9 Å². The molecule has 1 heterocycles. The Morgan fingerprint density at radius 3 is 2.41 bits per heavy atom. The fourth-order valence-corrected chi connectivity index (χ4v) is 3.75. The number of hydrogen-bond donors (Lipinski definition) is 1. The predicted octanol–water partition coefficient (Wildman–Crippen LogP) is 3.73. The molecule has 5 nitrogen and oxygen atoms in total. The van der Waals surface area contributed by atoms with Gasteiger partial charge in [-0.1, -0.05) is 11.6 Å². The first-order chi connectivity index (χ1) is 10.3. The Kier molecular flexibility index (Phi) is 4.96. The number of aromatic nitrogens is 1. The van der Waals surface area contributed by atoms with Crippen LogP contribution in [0.15, 0.2) is 40.3 Å². The van der Waals surface area contributed by atoms with Crippen LogP contribution < -0.4 is 4.72 Å². The van der Waals surface area contributed by atoms with Crippen molar-refractivity contribution >= 4 is 39.1 Å². The van der Waals surface area contributed by atoms with Crippen LogP contribution in [0.3, 0.4) is 0 Å². The number of nitrogens with one attached hydrogen (secondary N) is 1. The summed E-state index contributed by atoms with van der Waals surface area (Å²) in [5, 5.41) is 10.9. The van der Waals surface area contributed by atoms with Gasteiger partial charge in [-0.05, 0) is 61.0 Å². The molecular formula is C14H12ClN3O2S2. The van der Waals surface area contributed by atoms with Gasteiger partial charge in [0.1, 0.15) is 15.4 Å². The van der Waals surface area contributed by atoms with Gasteiger partial charge in [-0.25, -0.2) is 13.4 Å². The summed E-state index contributed by atoms with van der Waals surface area (Å²) in [6.45, 7) is 3.57. The van der Waals surface area contributed by atoms with Crippen LogP contribution in [0.4, 0.5) is 5.69 Å². The van der Waals surface area contributed by atoms with Crippen LogP contribution in [0, 0.1) is 24.5 Å². The highest BCUT2D eigenvalue weighted by molar-refractivity contribution is 8.03. The fourth-order valence-electron chi connectivity index (χ4n) is 1.91. The van der Waals surface area contributed by atoms with Gasteiger partial charge in [0, 0.05) is 11.1 Å². The number of pyridine rings is 1. The van der Waals surface area contributed by atoms with Gasteiger partial charge in [-0.2, -0.15) is 5.26 Å². The number of nitriles is 1. The van der Waals surface area contributed by atoms with E-state index in [1.807, 2.05) is 5.40 Å². The molecule has 0 aliphatic carbocycles. The number of thioether (sulfide) groups is 1. The molecule has 0 spiro atoms. The summed E-state index contributed by atoms with van der Waals surface area (Å²) in [7, 11) is -3.74. The van der Waals surface area contributed by atoms with Gasteiger partial charge in [-0.15, -0.1) is 0 Å². The monoisotopic (exact) mass is 353 g/mol. The van der Waals surface area contributed by atoms with Crippen molar-refractivity contribution < 1.29 is 8.42 Å². The van der Waals surface area contributed by atoms with E-state index in [1.54, 1.807) is 26.0 Å². The van der Waals surface area contributed by atoms with Crippen molar-refractivity contribution in [2.75, 3.05) is 4.72 Å². The van der Waals surface area contributed by atoms with Gasteiger partial charge in [0.2, 0.25) is 0 Å². The molecule has 0 bridgehead atoms. The zero-order chi connectivity index (χ0) is 16.3. The molecule has 0 atom stereocenters. The number of hydrogen-bond acceptors (Lipinski definition) is 5. The van der Waals surface area contributed by atoms with Gasteiger partial charge in [0.15, 0.2) is 0 Å². The first-order valence-electron chi connectivity index (χ1n) is 6.15. The Bertz CT molecular complexity index is 820. The van der Waals surface area contributed by atoms with Crippen LogP contribution in [0.5, 0.6) is 0 Å². The molecule has 0 aliphatic rings. The summed E-state index contributed by atoms with van der Waals surface area (Å²) in [4.78, 5) is 4.58. The molecule has 2 rings (SSSR count). The number of nitrogens with zero attached hydrogens (tertiary/aromatic N) is 2. The number of rotatable bonds is 4. The van der Waals surface area contributed by atoms with Crippen LogP contribution in [0.25, 0.3) is 0 Å². The Hall–Kier alpha value is -1.75. The third kappa shape index (κ3) is 3.71. The molecule has 0 saturated carbocycles. The number of anilines is 1. The molecule has 0 radical (unpaired) electrons. The second kappa shape index (κ2) is 6.57. The van der Waals surface area contributed by atoms with E-state index >= 15 is 0 Å². The second-order valence-electron chi connectivity index (χ2n) is 4.55. The van der Waals surface area contributed by atoms with Crippen molar-refractivity contribution in [1.29, 1.82) is 5.26 Å². The summed E-state index contributed by atoms with van der Waals surface area (Å²) in [5.74, 6) is 0. The molecule has 0 aliphatic heterocycles. The first kappa shape index (κ1) is 16.6. The van der Waals surface area contributed by atoms with Gasteiger partial charge >= 0.3 is 0 Å². The highest BCUT2D eigenvalue weighted by atomic mass is 35.5. The number of thiocyanates is 1. The maximum Gasteiger partial charge on any atom is 0.263 e. The molecule has 114 valence electrons. The number of benzene rings is 1. The third-order valence-corrected chi connectivity index (χ3v) is 5.04. The largest absolute Gasteiger partial charge is 0.279 e. The van der Waals surface area contributed by atoms with E-state index in [0.717, 1.165) is 27.8 Å². The minimum absolute atomic E-state index is 0.0335. The molecule has 1 N–H and O–H groups in total. The summed E-state index contributed by atoms with van der Waals surface area (Å²) < 4.78 is 27.3. The van der Waals surface area contributed by atoms with E-state index in [9.17, 15) is 8.42 Å². The number of halogens is 1. The van der Waals surface area contributed by atoms with Crippen molar-refractivity contribution in [3.63, 3.8) is 0 Å². The van der Waals surface area contributed by atoms with Gasteiger partial charge < -0.3 is 0 Å². The Morgan fingerprint density at radius 2 is 1.91 bits per heavy atom. The molecule has 2 aromatic rings. The number of sulfonamides is 1. The lowest BCUT2D eigenvalue weighted by molar-refractivity contribution is 0.600. The third-order valence-electron chi connectivity index (χ3n) is 2.92. The highest BCUT2D eigenvalue weighted by Gasteiger charge is 2.17. The maximum absolute atomic E-state index is 12.4.